The van der Waals surface area contributed by atoms with Crippen molar-refractivity contribution in [2.24, 2.45) is 0 Å². The Kier molecular flexibility index (Phi) is 6.18. The zero-order chi connectivity index (χ0) is 16.1. The Labute approximate surface area is 147 Å². The number of aldehydes is 2. The number of hydrogen-bond donors (Lipinski definition) is 0. The van der Waals surface area contributed by atoms with Crippen LogP contribution in [0.4, 0.5) is 0 Å². The first-order valence-corrected chi connectivity index (χ1v) is 8.25. The van der Waals surface area contributed by atoms with Crippen molar-refractivity contribution in [2.45, 2.75) is 18.8 Å². The van der Waals surface area contributed by atoms with E-state index in [2.05, 4.69) is 15.9 Å². The average Bonchev–Trinajstić information content (AvgIpc) is 3.32. The van der Waals surface area contributed by atoms with Crippen LogP contribution in [0.3, 0.4) is 0 Å². The van der Waals surface area contributed by atoms with Crippen molar-refractivity contribution in [3.63, 3.8) is 0 Å². The van der Waals surface area contributed by atoms with Crippen molar-refractivity contribution in [3.8, 4) is 0 Å². The van der Waals surface area contributed by atoms with Crippen LogP contribution >= 0.6 is 39.1 Å². The summed E-state index contributed by atoms with van der Waals surface area (Å²) >= 11 is 14.6. The summed E-state index contributed by atoms with van der Waals surface area (Å²) in [6.07, 6.45) is 4.08. The molecule has 0 N–H and O–H groups in total. The SMILES string of the molecule is O=Cc1ccc(Cl)cc1Br.O=Cc1ccc(Cl)cc1C1CC1. The summed E-state index contributed by atoms with van der Waals surface area (Å²) < 4.78 is 0.731. The van der Waals surface area contributed by atoms with Gasteiger partial charge in [-0.15, -0.1) is 0 Å². The maximum absolute atomic E-state index is 10.6. The third kappa shape index (κ3) is 4.67. The van der Waals surface area contributed by atoms with Crippen molar-refractivity contribution in [1.82, 2.24) is 0 Å². The largest absolute Gasteiger partial charge is 0.298 e. The molecule has 0 radical (unpaired) electrons. The maximum Gasteiger partial charge on any atom is 0.151 e. The molecule has 0 unspecified atom stereocenters. The van der Waals surface area contributed by atoms with Crippen LogP contribution in [0, 0.1) is 0 Å². The van der Waals surface area contributed by atoms with E-state index in [9.17, 15) is 9.59 Å². The Morgan fingerprint density at radius 1 is 0.909 bits per heavy atom. The molecular formula is C17H13BrCl2O2. The molecule has 1 saturated carbocycles. The molecule has 0 spiro atoms. The van der Waals surface area contributed by atoms with E-state index in [1.54, 1.807) is 30.3 Å². The van der Waals surface area contributed by atoms with Crippen molar-refractivity contribution >= 4 is 51.7 Å². The van der Waals surface area contributed by atoms with Gasteiger partial charge in [-0.3, -0.25) is 9.59 Å². The highest BCUT2D eigenvalue weighted by Gasteiger charge is 2.25. The number of rotatable bonds is 3. The van der Waals surface area contributed by atoms with Crippen molar-refractivity contribution in [2.75, 3.05) is 0 Å². The number of hydrogen-bond acceptors (Lipinski definition) is 2. The van der Waals surface area contributed by atoms with Gasteiger partial charge in [0.1, 0.15) is 6.29 Å². The maximum atomic E-state index is 10.6. The minimum atomic E-state index is 0.587. The number of carbonyl (C=O) groups excluding carboxylic acids is 2. The van der Waals surface area contributed by atoms with E-state index < -0.39 is 0 Å². The monoisotopic (exact) mass is 398 g/mol. The van der Waals surface area contributed by atoms with Gasteiger partial charge in [0.15, 0.2) is 6.29 Å². The molecule has 0 saturated heterocycles. The van der Waals surface area contributed by atoms with Crippen LogP contribution < -0.4 is 0 Å². The summed E-state index contributed by atoms with van der Waals surface area (Å²) in [5, 5.41) is 1.35. The molecule has 0 aliphatic heterocycles. The first kappa shape index (κ1) is 17.2. The van der Waals surface area contributed by atoms with Crippen molar-refractivity contribution in [3.05, 3.63) is 67.6 Å². The molecule has 3 rings (SSSR count). The lowest BCUT2D eigenvalue weighted by molar-refractivity contribution is 0.111. The zero-order valence-electron chi connectivity index (χ0n) is 11.6. The van der Waals surface area contributed by atoms with E-state index in [0.29, 0.717) is 16.5 Å². The Morgan fingerprint density at radius 3 is 1.95 bits per heavy atom. The molecule has 2 nitrogen and oxygen atoms in total. The fourth-order valence-corrected chi connectivity index (χ4v) is 2.95. The van der Waals surface area contributed by atoms with Crippen LogP contribution in [0.1, 0.15) is 45.0 Å². The van der Waals surface area contributed by atoms with Gasteiger partial charge < -0.3 is 0 Å². The molecule has 0 amide bonds. The van der Waals surface area contributed by atoms with E-state index in [1.807, 2.05) is 6.07 Å². The first-order chi connectivity index (χ1) is 10.5. The van der Waals surface area contributed by atoms with Gasteiger partial charge in [-0.1, -0.05) is 39.1 Å². The summed E-state index contributed by atoms with van der Waals surface area (Å²) in [6, 6.07) is 10.5. The summed E-state index contributed by atoms with van der Waals surface area (Å²) in [5.74, 6) is 0.587. The molecule has 22 heavy (non-hydrogen) atoms. The van der Waals surface area contributed by atoms with Crippen molar-refractivity contribution < 1.29 is 9.59 Å². The number of halogens is 3. The molecule has 0 atom stereocenters. The molecule has 0 bridgehead atoms. The summed E-state index contributed by atoms with van der Waals surface area (Å²) in [5.41, 5.74) is 2.53. The second kappa shape index (κ2) is 7.91. The lowest BCUT2D eigenvalue weighted by Gasteiger charge is -2.01. The van der Waals surface area contributed by atoms with Gasteiger partial charge in [0, 0.05) is 25.6 Å². The number of carbonyl (C=O) groups is 2. The quantitative estimate of drug-likeness (QED) is 0.598. The fraction of sp³-hybridized carbons (Fsp3) is 0.176. The summed E-state index contributed by atoms with van der Waals surface area (Å²) in [6.45, 7) is 0. The second-order valence-corrected chi connectivity index (χ2v) is 6.68. The lowest BCUT2D eigenvalue weighted by atomic mass is 10.0. The molecule has 1 fully saturated rings. The van der Waals surface area contributed by atoms with Gasteiger partial charge >= 0.3 is 0 Å². The Hall–Kier alpha value is -1.16. The predicted octanol–water partition coefficient (Wildman–Crippen LogP) is 5.94. The molecule has 0 heterocycles. The second-order valence-electron chi connectivity index (χ2n) is 4.95. The molecule has 5 heteroatoms. The van der Waals surface area contributed by atoms with Gasteiger partial charge in [-0.25, -0.2) is 0 Å². The molecule has 114 valence electrons. The van der Waals surface area contributed by atoms with Gasteiger partial charge in [0.2, 0.25) is 0 Å². The minimum Gasteiger partial charge on any atom is -0.298 e. The minimum absolute atomic E-state index is 0.587. The van der Waals surface area contributed by atoms with Gasteiger partial charge in [-0.2, -0.15) is 0 Å². The average molecular weight is 400 g/mol. The summed E-state index contributed by atoms with van der Waals surface area (Å²) in [7, 11) is 0. The summed E-state index contributed by atoms with van der Waals surface area (Å²) in [4.78, 5) is 20.9. The van der Waals surface area contributed by atoms with Crippen LogP contribution in [0.5, 0.6) is 0 Å². The normalized spacial score (nSPS) is 13.0. The highest BCUT2D eigenvalue weighted by Crippen LogP contribution is 2.42. The van der Waals surface area contributed by atoms with Gasteiger partial charge in [0.05, 0.1) is 0 Å². The highest BCUT2D eigenvalue weighted by atomic mass is 79.9. The third-order valence-electron chi connectivity index (χ3n) is 3.28. The zero-order valence-corrected chi connectivity index (χ0v) is 14.7. The van der Waals surface area contributed by atoms with Crippen molar-refractivity contribution in [1.29, 1.82) is 0 Å². The topological polar surface area (TPSA) is 34.1 Å². The Bertz CT molecular complexity index is 697. The van der Waals surface area contributed by atoms with E-state index in [4.69, 9.17) is 23.2 Å². The van der Waals surface area contributed by atoms with Gasteiger partial charge in [-0.05, 0) is 60.7 Å². The molecule has 1 aliphatic rings. The van der Waals surface area contributed by atoms with E-state index in [-0.39, 0.29) is 0 Å². The molecule has 2 aromatic rings. The lowest BCUT2D eigenvalue weighted by Crippen LogP contribution is -1.89. The van der Waals surface area contributed by atoms with Crippen LogP contribution in [-0.4, -0.2) is 12.6 Å². The fourth-order valence-electron chi connectivity index (χ4n) is 2.00. The Morgan fingerprint density at radius 2 is 1.45 bits per heavy atom. The standard InChI is InChI=1S/C10H9ClO.C7H4BrClO/c11-9-4-3-8(6-12)10(5-9)7-1-2-7;8-7-3-6(9)2-1-5(7)4-10/h3-7H,1-2H2;1-4H. The van der Waals surface area contributed by atoms with Crippen LogP contribution in [-0.2, 0) is 0 Å². The Balaban J connectivity index is 0.000000164. The predicted molar refractivity (Wildman–Crippen MR) is 93.4 cm³/mol. The van der Waals surface area contributed by atoms with E-state index >= 15 is 0 Å². The van der Waals surface area contributed by atoms with Crippen LogP contribution in [0.15, 0.2) is 40.9 Å². The smallest absolute Gasteiger partial charge is 0.151 e. The molecular weight excluding hydrogens is 387 g/mol. The van der Waals surface area contributed by atoms with Crippen LogP contribution in [0.2, 0.25) is 10.0 Å². The third-order valence-corrected chi connectivity index (χ3v) is 4.44. The first-order valence-electron chi connectivity index (χ1n) is 6.70. The number of benzene rings is 2. The molecule has 2 aromatic carbocycles. The molecule has 1 aliphatic carbocycles. The van der Waals surface area contributed by atoms with Crippen LogP contribution in [0.25, 0.3) is 0 Å². The molecule has 0 aromatic heterocycles. The van der Waals surface area contributed by atoms with Gasteiger partial charge in [0.25, 0.3) is 0 Å². The van der Waals surface area contributed by atoms with E-state index in [0.717, 1.165) is 33.2 Å². The van der Waals surface area contributed by atoms with E-state index in [1.165, 1.54) is 12.8 Å². The highest BCUT2D eigenvalue weighted by molar-refractivity contribution is 9.10.